The highest BCUT2D eigenvalue weighted by Crippen LogP contribution is 2.24. The Balaban J connectivity index is 2.25. The van der Waals surface area contributed by atoms with E-state index >= 15 is 0 Å². The normalized spacial score (nSPS) is 12.9. The first-order chi connectivity index (χ1) is 8.67. The summed E-state index contributed by atoms with van der Waals surface area (Å²) < 4.78 is 1.84. The van der Waals surface area contributed by atoms with Gasteiger partial charge in [-0.15, -0.1) is 0 Å². The van der Waals surface area contributed by atoms with Crippen molar-refractivity contribution in [1.82, 2.24) is 30.3 Å². The van der Waals surface area contributed by atoms with Gasteiger partial charge in [-0.05, 0) is 13.5 Å². The van der Waals surface area contributed by atoms with Gasteiger partial charge < -0.3 is 5.32 Å². The van der Waals surface area contributed by atoms with Crippen molar-refractivity contribution in [3.05, 3.63) is 28.6 Å². The smallest absolute Gasteiger partial charge is 0.141 e. The fourth-order valence-corrected chi connectivity index (χ4v) is 2.32. The van der Waals surface area contributed by atoms with Crippen LogP contribution in [0.15, 0.2) is 6.33 Å². The maximum atomic E-state index is 6.33. The lowest BCUT2D eigenvalue weighted by atomic mass is 10.1. The number of hydrogen-bond acceptors (Lipinski definition) is 4. The summed E-state index contributed by atoms with van der Waals surface area (Å²) >= 11 is 6.33. The van der Waals surface area contributed by atoms with Crippen molar-refractivity contribution in [3.8, 4) is 0 Å². The second kappa shape index (κ2) is 5.49. The van der Waals surface area contributed by atoms with Gasteiger partial charge in [0.2, 0.25) is 0 Å². The molecule has 18 heavy (non-hydrogen) atoms. The Morgan fingerprint density at radius 3 is 2.83 bits per heavy atom. The molecule has 0 radical (unpaired) electrons. The van der Waals surface area contributed by atoms with Crippen LogP contribution in [0.1, 0.15) is 30.2 Å². The van der Waals surface area contributed by atoms with Crippen molar-refractivity contribution < 1.29 is 0 Å². The molecule has 2 heterocycles. The number of aromatic amines is 1. The minimum Gasteiger partial charge on any atom is -0.310 e. The number of nitrogens with one attached hydrogen (secondary N) is 2. The van der Waals surface area contributed by atoms with E-state index in [0.717, 1.165) is 28.7 Å². The predicted octanol–water partition coefficient (Wildman–Crippen LogP) is 1.26. The molecule has 1 atom stereocenters. The van der Waals surface area contributed by atoms with Gasteiger partial charge in [0, 0.05) is 13.5 Å². The highest BCUT2D eigenvalue weighted by Gasteiger charge is 2.19. The van der Waals surface area contributed by atoms with E-state index in [9.17, 15) is 0 Å². The summed E-state index contributed by atoms with van der Waals surface area (Å²) in [5, 5.41) is 15.1. The largest absolute Gasteiger partial charge is 0.310 e. The number of halogens is 1. The molecule has 0 fully saturated rings. The Morgan fingerprint density at radius 1 is 1.56 bits per heavy atom. The van der Waals surface area contributed by atoms with Gasteiger partial charge in [-0.3, -0.25) is 9.78 Å². The number of rotatable bonds is 5. The summed E-state index contributed by atoms with van der Waals surface area (Å²) in [4.78, 5) is 4.17. The van der Waals surface area contributed by atoms with Crippen LogP contribution >= 0.6 is 11.6 Å². The van der Waals surface area contributed by atoms with Crippen LogP contribution in [0.2, 0.25) is 5.02 Å². The number of H-pyrrole nitrogens is 1. The molecule has 0 aromatic carbocycles. The summed E-state index contributed by atoms with van der Waals surface area (Å²) in [6.07, 6.45) is 3.05. The molecule has 0 bridgehead atoms. The summed E-state index contributed by atoms with van der Waals surface area (Å²) in [7, 11) is 3.80. The zero-order valence-electron chi connectivity index (χ0n) is 10.7. The van der Waals surface area contributed by atoms with Crippen LogP contribution in [0.4, 0.5) is 0 Å². The van der Waals surface area contributed by atoms with Crippen LogP contribution in [0.25, 0.3) is 0 Å². The van der Waals surface area contributed by atoms with Crippen LogP contribution in [0, 0.1) is 0 Å². The quantitative estimate of drug-likeness (QED) is 0.856. The molecule has 2 N–H and O–H groups in total. The van der Waals surface area contributed by atoms with Crippen molar-refractivity contribution in [3.63, 3.8) is 0 Å². The Labute approximate surface area is 111 Å². The fraction of sp³-hybridized carbons (Fsp3) is 0.545. The summed E-state index contributed by atoms with van der Waals surface area (Å²) in [5.41, 5.74) is 1.94. The van der Waals surface area contributed by atoms with Crippen molar-refractivity contribution in [2.75, 3.05) is 7.05 Å². The summed E-state index contributed by atoms with van der Waals surface area (Å²) in [6.45, 7) is 2.05. The standard InChI is InChI=1S/C11H17ClN6/c1-4-7-10(12)9(18(3)17-7)5-8(13-2)11-14-6-15-16-11/h6,8,13H,4-5H2,1-3H3,(H,14,15,16). The molecular weight excluding hydrogens is 252 g/mol. The zero-order chi connectivity index (χ0) is 13.1. The highest BCUT2D eigenvalue weighted by molar-refractivity contribution is 6.31. The van der Waals surface area contributed by atoms with Gasteiger partial charge in [0.1, 0.15) is 12.2 Å². The Bertz CT molecular complexity index is 504. The molecule has 7 heteroatoms. The molecular formula is C11H17ClN6. The van der Waals surface area contributed by atoms with Gasteiger partial charge in [0.05, 0.1) is 22.5 Å². The second-order valence-electron chi connectivity index (χ2n) is 4.10. The topological polar surface area (TPSA) is 71.4 Å². The molecule has 2 aromatic heterocycles. The monoisotopic (exact) mass is 268 g/mol. The molecule has 2 rings (SSSR count). The molecule has 0 amide bonds. The Kier molecular flexibility index (Phi) is 3.98. The van der Waals surface area contributed by atoms with Gasteiger partial charge >= 0.3 is 0 Å². The van der Waals surface area contributed by atoms with Crippen molar-refractivity contribution in [2.45, 2.75) is 25.8 Å². The molecule has 0 saturated heterocycles. The first-order valence-corrected chi connectivity index (χ1v) is 6.27. The van der Waals surface area contributed by atoms with Gasteiger partial charge in [-0.25, -0.2) is 4.98 Å². The minimum absolute atomic E-state index is 0.0464. The third-order valence-electron chi connectivity index (χ3n) is 3.01. The second-order valence-corrected chi connectivity index (χ2v) is 4.48. The van der Waals surface area contributed by atoms with E-state index in [1.165, 1.54) is 6.33 Å². The molecule has 2 aromatic rings. The lowest BCUT2D eigenvalue weighted by molar-refractivity contribution is 0.536. The molecule has 0 aliphatic carbocycles. The molecule has 0 aliphatic rings. The van der Waals surface area contributed by atoms with Crippen molar-refractivity contribution in [2.24, 2.45) is 7.05 Å². The molecule has 6 nitrogen and oxygen atoms in total. The third-order valence-corrected chi connectivity index (χ3v) is 3.45. The van der Waals surface area contributed by atoms with E-state index in [1.54, 1.807) is 0 Å². The van der Waals surface area contributed by atoms with Gasteiger partial charge in [-0.2, -0.15) is 10.2 Å². The molecule has 0 saturated carbocycles. The summed E-state index contributed by atoms with van der Waals surface area (Å²) in [6, 6.07) is 0.0464. The number of hydrogen-bond donors (Lipinski definition) is 2. The van der Waals surface area contributed by atoms with E-state index < -0.39 is 0 Å². The highest BCUT2D eigenvalue weighted by atomic mass is 35.5. The Hall–Kier alpha value is -1.40. The van der Waals surface area contributed by atoms with E-state index in [4.69, 9.17) is 11.6 Å². The van der Waals surface area contributed by atoms with Crippen LogP contribution < -0.4 is 5.32 Å². The van der Waals surface area contributed by atoms with Gasteiger partial charge in [0.25, 0.3) is 0 Å². The van der Waals surface area contributed by atoms with Crippen LogP contribution in [0.3, 0.4) is 0 Å². The van der Waals surface area contributed by atoms with Crippen LogP contribution in [-0.2, 0) is 19.9 Å². The molecule has 0 spiro atoms. The van der Waals surface area contributed by atoms with Gasteiger partial charge in [0.15, 0.2) is 0 Å². The van der Waals surface area contributed by atoms with Crippen LogP contribution in [-0.4, -0.2) is 32.0 Å². The zero-order valence-corrected chi connectivity index (χ0v) is 11.5. The Morgan fingerprint density at radius 2 is 2.33 bits per heavy atom. The maximum Gasteiger partial charge on any atom is 0.141 e. The maximum absolute atomic E-state index is 6.33. The molecule has 1 unspecified atom stereocenters. The number of aromatic nitrogens is 5. The minimum atomic E-state index is 0.0464. The van der Waals surface area contributed by atoms with E-state index in [2.05, 4.69) is 25.6 Å². The number of nitrogens with zero attached hydrogens (tertiary/aromatic N) is 4. The van der Waals surface area contributed by atoms with Crippen molar-refractivity contribution >= 4 is 11.6 Å². The van der Waals surface area contributed by atoms with Gasteiger partial charge in [-0.1, -0.05) is 18.5 Å². The third kappa shape index (κ3) is 2.39. The van der Waals surface area contributed by atoms with E-state index in [1.807, 2.05) is 25.7 Å². The molecule has 98 valence electrons. The number of aryl methyl sites for hydroxylation is 2. The average Bonchev–Trinajstić information content (AvgIpc) is 2.97. The fourth-order valence-electron chi connectivity index (χ4n) is 1.95. The lowest BCUT2D eigenvalue weighted by Crippen LogP contribution is -2.21. The number of likely N-dealkylation sites (N-methyl/N-ethyl adjacent to an activating group) is 1. The van der Waals surface area contributed by atoms with E-state index in [0.29, 0.717) is 6.42 Å². The molecule has 0 aliphatic heterocycles. The van der Waals surface area contributed by atoms with Crippen molar-refractivity contribution in [1.29, 1.82) is 0 Å². The average molecular weight is 269 g/mol. The predicted molar refractivity (Wildman–Crippen MR) is 69.5 cm³/mol. The first kappa shape index (κ1) is 13.0. The lowest BCUT2D eigenvalue weighted by Gasteiger charge is -2.13. The SMILES string of the molecule is CCc1nn(C)c(CC(NC)c2ncn[nH]2)c1Cl. The summed E-state index contributed by atoms with van der Waals surface area (Å²) in [5.74, 6) is 0.799. The van der Waals surface area contributed by atoms with E-state index in [-0.39, 0.29) is 6.04 Å². The first-order valence-electron chi connectivity index (χ1n) is 5.90. The van der Waals surface area contributed by atoms with Crippen LogP contribution in [0.5, 0.6) is 0 Å².